The summed E-state index contributed by atoms with van der Waals surface area (Å²) in [6.07, 6.45) is 12.6. The summed E-state index contributed by atoms with van der Waals surface area (Å²) in [6, 6.07) is 17.6. The molecule has 2 unspecified atom stereocenters. The highest BCUT2D eigenvalue weighted by Crippen LogP contribution is 2.45. The van der Waals surface area contributed by atoms with Crippen LogP contribution in [-0.2, 0) is 18.9 Å². The molecule has 40 heavy (non-hydrogen) atoms. The van der Waals surface area contributed by atoms with Crippen molar-refractivity contribution in [3.05, 3.63) is 81.9 Å². The molecule has 4 nitrogen and oxygen atoms in total. The molecule has 0 fully saturated rings. The van der Waals surface area contributed by atoms with Crippen LogP contribution in [0, 0.1) is 0 Å². The van der Waals surface area contributed by atoms with E-state index in [9.17, 15) is 0 Å². The van der Waals surface area contributed by atoms with Crippen LogP contribution < -0.4 is 0 Å². The molecule has 2 aromatic carbocycles. The highest BCUT2D eigenvalue weighted by Gasteiger charge is 2.33. The Morgan fingerprint density at radius 1 is 0.525 bits per heavy atom. The molecule has 0 heterocycles. The third kappa shape index (κ3) is 7.73. The number of hydrogen-bond donors (Lipinski definition) is 0. The van der Waals surface area contributed by atoms with Crippen LogP contribution in [0.4, 0.5) is 0 Å². The van der Waals surface area contributed by atoms with Gasteiger partial charge in [-0.2, -0.15) is 0 Å². The number of ether oxygens (including phenoxy) is 4. The van der Waals surface area contributed by atoms with Crippen LogP contribution in [0.1, 0.15) is 113 Å². The predicted molar refractivity (Wildman–Crippen MR) is 165 cm³/mol. The molecule has 0 saturated carbocycles. The Bertz CT molecular complexity index is 1000. The quantitative estimate of drug-likeness (QED) is 0.130. The minimum Gasteiger partial charge on any atom is -0.349 e. The maximum Gasteiger partial charge on any atom is 0.180 e. The molecule has 0 N–H and O–H groups in total. The van der Waals surface area contributed by atoms with Gasteiger partial charge in [-0.25, -0.2) is 0 Å². The largest absolute Gasteiger partial charge is 0.349 e. The van der Waals surface area contributed by atoms with E-state index in [-0.39, 0.29) is 12.6 Å². The van der Waals surface area contributed by atoms with Crippen molar-refractivity contribution in [1.29, 1.82) is 0 Å². The van der Waals surface area contributed by atoms with Gasteiger partial charge in [0.15, 0.2) is 12.6 Å². The predicted octanol–water partition coefficient (Wildman–Crippen LogP) is 9.27. The van der Waals surface area contributed by atoms with Crippen molar-refractivity contribution in [2.24, 2.45) is 0 Å². The molecule has 0 aromatic heterocycles. The summed E-state index contributed by atoms with van der Waals surface area (Å²) in [5, 5.41) is 0. The molecule has 2 aliphatic rings. The van der Waals surface area contributed by atoms with Gasteiger partial charge in [0.2, 0.25) is 0 Å². The van der Waals surface area contributed by atoms with Crippen molar-refractivity contribution in [3.8, 4) is 0 Å². The lowest BCUT2D eigenvalue weighted by molar-refractivity contribution is -0.120. The summed E-state index contributed by atoms with van der Waals surface area (Å²) in [7, 11) is 0. The van der Waals surface area contributed by atoms with Crippen molar-refractivity contribution in [3.63, 3.8) is 0 Å². The summed E-state index contributed by atoms with van der Waals surface area (Å²) in [5.74, 6) is 0.684. The van der Waals surface area contributed by atoms with E-state index >= 15 is 0 Å². The van der Waals surface area contributed by atoms with Crippen molar-refractivity contribution in [2.45, 2.75) is 103 Å². The maximum absolute atomic E-state index is 6.24. The van der Waals surface area contributed by atoms with Gasteiger partial charge in [0.1, 0.15) is 0 Å². The standard InChI is InChI=1S/C36H50O4/c1-5-21-37-35(38-22-6-2)33-25-27-15-9-11-17-29(27)31(33)19-13-14-20-32-30-18-12-10-16-28(30)26-34(32)36(39-23-7-3)40-24-8-4/h9-12,15-18,25-26,31-32,35-36H,5-8,13-14,19-24H2,1-4H3. The van der Waals surface area contributed by atoms with Gasteiger partial charge in [-0.15, -0.1) is 0 Å². The lowest BCUT2D eigenvalue weighted by atomic mass is 9.86. The summed E-state index contributed by atoms with van der Waals surface area (Å²) >= 11 is 0. The molecular formula is C36H50O4. The Morgan fingerprint density at radius 2 is 0.875 bits per heavy atom. The van der Waals surface area contributed by atoms with Gasteiger partial charge in [-0.05, 0) is 84.1 Å². The number of hydrogen-bond acceptors (Lipinski definition) is 4. The summed E-state index contributed by atoms with van der Waals surface area (Å²) in [4.78, 5) is 0. The Kier molecular flexibility index (Phi) is 12.5. The summed E-state index contributed by atoms with van der Waals surface area (Å²) in [5.41, 5.74) is 8.02. The first-order valence-corrected chi connectivity index (χ1v) is 15.8. The molecule has 0 aliphatic heterocycles. The first kappa shape index (κ1) is 30.7. The van der Waals surface area contributed by atoms with Gasteiger partial charge in [0.25, 0.3) is 0 Å². The van der Waals surface area contributed by atoms with Crippen LogP contribution in [0.5, 0.6) is 0 Å². The molecule has 2 aliphatic carbocycles. The first-order valence-electron chi connectivity index (χ1n) is 15.8. The molecule has 4 rings (SSSR count). The third-order valence-corrected chi connectivity index (χ3v) is 7.87. The molecule has 2 aromatic rings. The van der Waals surface area contributed by atoms with E-state index in [0.717, 1.165) is 51.4 Å². The topological polar surface area (TPSA) is 36.9 Å². The van der Waals surface area contributed by atoms with E-state index in [1.807, 2.05) is 0 Å². The molecule has 2 atom stereocenters. The van der Waals surface area contributed by atoms with E-state index in [1.165, 1.54) is 33.4 Å². The van der Waals surface area contributed by atoms with E-state index in [4.69, 9.17) is 18.9 Å². The highest BCUT2D eigenvalue weighted by molar-refractivity contribution is 5.68. The highest BCUT2D eigenvalue weighted by atomic mass is 16.7. The van der Waals surface area contributed by atoms with Crippen LogP contribution in [-0.4, -0.2) is 39.0 Å². The Balaban J connectivity index is 1.45. The molecule has 4 heteroatoms. The van der Waals surface area contributed by atoms with Gasteiger partial charge in [0, 0.05) is 38.3 Å². The zero-order valence-electron chi connectivity index (χ0n) is 25.2. The smallest absolute Gasteiger partial charge is 0.180 e. The summed E-state index contributed by atoms with van der Waals surface area (Å²) in [6.45, 7) is 11.5. The number of unbranched alkanes of at least 4 members (excludes halogenated alkanes) is 1. The second kappa shape index (κ2) is 16.3. The van der Waals surface area contributed by atoms with Crippen molar-refractivity contribution in [1.82, 2.24) is 0 Å². The molecule has 0 amide bonds. The van der Waals surface area contributed by atoms with Crippen LogP contribution in [0.3, 0.4) is 0 Å². The van der Waals surface area contributed by atoms with Crippen molar-refractivity contribution in [2.75, 3.05) is 26.4 Å². The maximum atomic E-state index is 6.24. The van der Waals surface area contributed by atoms with Crippen molar-refractivity contribution < 1.29 is 18.9 Å². The molecular weight excluding hydrogens is 496 g/mol. The van der Waals surface area contributed by atoms with Crippen LogP contribution >= 0.6 is 0 Å². The second-order valence-electron chi connectivity index (χ2n) is 11.1. The normalized spacial score (nSPS) is 17.9. The fourth-order valence-electron chi connectivity index (χ4n) is 6.03. The fraction of sp³-hybridized carbons (Fsp3) is 0.556. The average molecular weight is 547 g/mol. The van der Waals surface area contributed by atoms with E-state index < -0.39 is 0 Å². The molecule has 0 spiro atoms. The van der Waals surface area contributed by atoms with Gasteiger partial charge >= 0.3 is 0 Å². The zero-order valence-corrected chi connectivity index (χ0v) is 25.2. The number of rotatable bonds is 19. The minimum absolute atomic E-state index is 0.263. The minimum atomic E-state index is -0.263. The second-order valence-corrected chi connectivity index (χ2v) is 11.1. The first-order chi connectivity index (χ1) is 19.7. The molecule has 0 bridgehead atoms. The third-order valence-electron chi connectivity index (χ3n) is 7.87. The molecule has 0 saturated heterocycles. The van der Waals surface area contributed by atoms with Crippen LogP contribution in [0.15, 0.2) is 59.7 Å². The number of benzene rings is 2. The average Bonchev–Trinajstić information content (AvgIpc) is 3.54. The Hall–Kier alpha value is -2.24. The van der Waals surface area contributed by atoms with Crippen LogP contribution in [0.25, 0.3) is 12.2 Å². The zero-order chi connectivity index (χ0) is 28.2. The van der Waals surface area contributed by atoms with Crippen molar-refractivity contribution >= 4 is 12.2 Å². The monoisotopic (exact) mass is 546 g/mol. The SMILES string of the molecule is CCCOC(OCCC)C1=Cc2ccccc2C1CCCCC1C(C(OCCC)OCCC)=Cc2ccccc21. The molecule has 0 radical (unpaired) electrons. The fourth-order valence-corrected chi connectivity index (χ4v) is 6.03. The summed E-state index contributed by atoms with van der Waals surface area (Å²) < 4.78 is 25.0. The van der Waals surface area contributed by atoms with E-state index in [2.05, 4.69) is 88.4 Å². The van der Waals surface area contributed by atoms with Gasteiger partial charge in [-0.1, -0.05) is 89.1 Å². The van der Waals surface area contributed by atoms with Gasteiger partial charge in [0.05, 0.1) is 0 Å². The molecule has 218 valence electrons. The van der Waals surface area contributed by atoms with Crippen LogP contribution in [0.2, 0.25) is 0 Å². The van der Waals surface area contributed by atoms with E-state index in [1.54, 1.807) is 0 Å². The Morgan fingerprint density at radius 3 is 1.23 bits per heavy atom. The number of fused-ring (bicyclic) bond motifs is 2. The lowest BCUT2D eigenvalue weighted by Gasteiger charge is -2.26. The van der Waals surface area contributed by atoms with Gasteiger partial charge < -0.3 is 18.9 Å². The lowest BCUT2D eigenvalue weighted by Crippen LogP contribution is -2.24. The van der Waals surface area contributed by atoms with Gasteiger partial charge in [-0.3, -0.25) is 0 Å². The van der Waals surface area contributed by atoms with E-state index in [0.29, 0.717) is 38.3 Å². The Labute approximate surface area is 242 Å².